The van der Waals surface area contributed by atoms with Crippen LogP contribution in [-0.4, -0.2) is 7.05 Å². The minimum absolute atomic E-state index is 0.921. The van der Waals surface area contributed by atoms with E-state index in [-0.39, 0.29) is 0 Å². The summed E-state index contributed by atoms with van der Waals surface area (Å²) in [5, 5.41) is 0. The first kappa shape index (κ1) is 12.2. The van der Waals surface area contributed by atoms with Gasteiger partial charge in [0, 0.05) is 18.1 Å². The molecule has 0 fully saturated rings. The van der Waals surface area contributed by atoms with Crippen molar-refractivity contribution >= 4 is 21.6 Å². The van der Waals surface area contributed by atoms with Gasteiger partial charge in [0.05, 0.1) is 5.69 Å². The van der Waals surface area contributed by atoms with Crippen LogP contribution in [0.15, 0.2) is 53.0 Å². The first-order chi connectivity index (χ1) is 8.18. The van der Waals surface area contributed by atoms with Crippen molar-refractivity contribution in [3.05, 3.63) is 64.1 Å². The van der Waals surface area contributed by atoms with Gasteiger partial charge in [-0.3, -0.25) is 0 Å². The molecule has 0 aliphatic heterocycles. The van der Waals surface area contributed by atoms with Crippen molar-refractivity contribution < 1.29 is 0 Å². The van der Waals surface area contributed by atoms with E-state index in [4.69, 9.17) is 0 Å². The second kappa shape index (κ2) is 5.37. The minimum atomic E-state index is 0.921. The Labute approximate surface area is 111 Å². The van der Waals surface area contributed by atoms with Crippen molar-refractivity contribution in [2.75, 3.05) is 11.9 Å². The molecule has 0 aliphatic rings. The average molecular weight is 290 g/mol. The Bertz CT molecular complexity index is 473. The summed E-state index contributed by atoms with van der Waals surface area (Å²) < 4.78 is 1.15. The number of para-hydroxylation sites is 1. The molecule has 0 amide bonds. The number of anilines is 1. The standard InChI is InChI=1S/C15H16BrN/c1-12-7-6-10-14(16)15(12)17(2)11-13-8-4-3-5-9-13/h3-10H,11H2,1-2H3. The van der Waals surface area contributed by atoms with E-state index in [2.05, 4.69) is 77.3 Å². The van der Waals surface area contributed by atoms with E-state index in [1.54, 1.807) is 0 Å². The van der Waals surface area contributed by atoms with Crippen LogP contribution in [0.4, 0.5) is 5.69 Å². The second-order valence-corrected chi connectivity index (χ2v) is 5.10. The first-order valence-electron chi connectivity index (χ1n) is 5.68. The highest BCUT2D eigenvalue weighted by molar-refractivity contribution is 9.10. The average Bonchev–Trinajstić information content (AvgIpc) is 2.30. The molecule has 2 aromatic rings. The predicted molar refractivity (Wildman–Crippen MR) is 77.4 cm³/mol. The minimum Gasteiger partial charge on any atom is -0.369 e. The summed E-state index contributed by atoms with van der Waals surface area (Å²) in [5.74, 6) is 0. The van der Waals surface area contributed by atoms with Gasteiger partial charge in [-0.1, -0.05) is 42.5 Å². The third-order valence-electron chi connectivity index (χ3n) is 2.83. The zero-order chi connectivity index (χ0) is 12.3. The number of rotatable bonds is 3. The molecule has 0 atom stereocenters. The molecule has 17 heavy (non-hydrogen) atoms. The molecule has 0 N–H and O–H groups in total. The van der Waals surface area contributed by atoms with E-state index in [0.29, 0.717) is 0 Å². The fraction of sp³-hybridized carbons (Fsp3) is 0.200. The molecule has 1 nitrogen and oxygen atoms in total. The van der Waals surface area contributed by atoms with E-state index in [1.807, 2.05) is 6.07 Å². The van der Waals surface area contributed by atoms with Crippen LogP contribution in [0.3, 0.4) is 0 Å². The van der Waals surface area contributed by atoms with Crippen LogP contribution in [0.5, 0.6) is 0 Å². The Morgan fingerprint density at radius 3 is 2.35 bits per heavy atom. The Balaban J connectivity index is 2.23. The van der Waals surface area contributed by atoms with E-state index in [9.17, 15) is 0 Å². The largest absolute Gasteiger partial charge is 0.369 e. The normalized spacial score (nSPS) is 10.3. The SMILES string of the molecule is Cc1cccc(Br)c1N(C)Cc1ccccc1. The quantitative estimate of drug-likeness (QED) is 0.810. The van der Waals surface area contributed by atoms with Crippen LogP contribution in [0, 0.1) is 6.92 Å². The number of hydrogen-bond acceptors (Lipinski definition) is 1. The van der Waals surface area contributed by atoms with Crippen molar-refractivity contribution in [1.29, 1.82) is 0 Å². The molecule has 2 heteroatoms. The zero-order valence-corrected chi connectivity index (χ0v) is 11.7. The van der Waals surface area contributed by atoms with Crippen LogP contribution >= 0.6 is 15.9 Å². The molecular formula is C15H16BrN. The van der Waals surface area contributed by atoms with E-state index in [0.717, 1.165) is 11.0 Å². The smallest absolute Gasteiger partial charge is 0.0540 e. The number of nitrogens with zero attached hydrogens (tertiary/aromatic N) is 1. The van der Waals surface area contributed by atoms with Gasteiger partial charge in [-0.15, -0.1) is 0 Å². The van der Waals surface area contributed by atoms with Crippen LogP contribution in [0.1, 0.15) is 11.1 Å². The van der Waals surface area contributed by atoms with Crippen LogP contribution in [0.25, 0.3) is 0 Å². The number of hydrogen-bond donors (Lipinski definition) is 0. The second-order valence-electron chi connectivity index (χ2n) is 4.25. The van der Waals surface area contributed by atoms with Gasteiger partial charge in [-0.2, -0.15) is 0 Å². The van der Waals surface area contributed by atoms with Gasteiger partial charge in [0.15, 0.2) is 0 Å². The summed E-state index contributed by atoms with van der Waals surface area (Å²) in [6.07, 6.45) is 0. The summed E-state index contributed by atoms with van der Waals surface area (Å²) in [5.41, 5.74) is 3.87. The molecule has 0 aliphatic carbocycles. The van der Waals surface area contributed by atoms with E-state index < -0.39 is 0 Å². The zero-order valence-electron chi connectivity index (χ0n) is 10.2. The van der Waals surface area contributed by atoms with Crippen molar-refractivity contribution in [3.63, 3.8) is 0 Å². The van der Waals surface area contributed by atoms with Gasteiger partial charge in [0.25, 0.3) is 0 Å². The maximum atomic E-state index is 3.62. The van der Waals surface area contributed by atoms with Gasteiger partial charge in [0.1, 0.15) is 0 Å². The topological polar surface area (TPSA) is 3.24 Å². The molecule has 0 spiro atoms. The van der Waals surface area contributed by atoms with Crippen LogP contribution in [0.2, 0.25) is 0 Å². The molecular weight excluding hydrogens is 274 g/mol. The highest BCUT2D eigenvalue weighted by atomic mass is 79.9. The van der Waals surface area contributed by atoms with Gasteiger partial charge >= 0.3 is 0 Å². The highest BCUT2D eigenvalue weighted by Crippen LogP contribution is 2.29. The van der Waals surface area contributed by atoms with Crippen molar-refractivity contribution in [2.45, 2.75) is 13.5 Å². The molecule has 0 heterocycles. The number of benzene rings is 2. The maximum absolute atomic E-state index is 3.62. The molecule has 88 valence electrons. The number of halogens is 1. The van der Waals surface area contributed by atoms with Gasteiger partial charge < -0.3 is 4.90 Å². The van der Waals surface area contributed by atoms with Gasteiger partial charge in [-0.25, -0.2) is 0 Å². The summed E-state index contributed by atoms with van der Waals surface area (Å²) in [7, 11) is 2.13. The highest BCUT2D eigenvalue weighted by Gasteiger charge is 2.08. The molecule has 0 unspecified atom stereocenters. The maximum Gasteiger partial charge on any atom is 0.0540 e. The fourth-order valence-electron chi connectivity index (χ4n) is 2.04. The Hall–Kier alpha value is -1.28. The Morgan fingerprint density at radius 1 is 1.00 bits per heavy atom. The van der Waals surface area contributed by atoms with E-state index >= 15 is 0 Å². The van der Waals surface area contributed by atoms with Crippen molar-refractivity contribution in [1.82, 2.24) is 0 Å². The Kier molecular flexibility index (Phi) is 3.85. The molecule has 0 aromatic heterocycles. The van der Waals surface area contributed by atoms with Gasteiger partial charge in [0.2, 0.25) is 0 Å². The number of aryl methyl sites for hydroxylation is 1. The van der Waals surface area contributed by atoms with Gasteiger partial charge in [-0.05, 0) is 40.0 Å². The molecule has 0 bridgehead atoms. The summed E-state index contributed by atoms with van der Waals surface area (Å²) in [6, 6.07) is 16.8. The Morgan fingerprint density at radius 2 is 1.71 bits per heavy atom. The lowest BCUT2D eigenvalue weighted by atomic mass is 10.1. The van der Waals surface area contributed by atoms with Crippen molar-refractivity contribution in [2.24, 2.45) is 0 Å². The van der Waals surface area contributed by atoms with Crippen LogP contribution in [-0.2, 0) is 6.54 Å². The summed E-state index contributed by atoms with van der Waals surface area (Å²) >= 11 is 3.62. The predicted octanol–water partition coefficient (Wildman–Crippen LogP) is 4.39. The third-order valence-corrected chi connectivity index (χ3v) is 3.47. The van der Waals surface area contributed by atoms with Crippen molar-refractivity contribution in [3.8, 4) is 0 Å². The lowest BCUT2D eigenvalue weighted by Crippen LogP contribution is -2.17. The summed E-state index contributed by atoms with van der Waals surface area (Å²) in [4.78, 5) is 2.27. The third kappa shape index (κ3) is 2.89. The molecule has 0 saturated heterocycles. The van der Waals surface area contributed by atoms with Crippen LogP contribution < -0.4 is 4.90 Å². The lowest BCUT2D eigenvalue weighted by Gasteiger charge is -2.23. The molecule has 0 radical (unpaired) electrons. The first-order valence-corrected chi connectivity index (χ1v) is 6.48. The molecule has 2 aromatic carbocycles. The summed E-state index contributed by atoms with van der Waals surface area (Å²) in [6.45, 7) is 3.06. The molecule has 2 rings (SSSR count). The lowest BCUT2D eigenvalue weighted by molar-refractivity contribution is 0.914. The monoisotopic (exact) mass is 289 g/mol. The fourth-order valence-corrected chi connectivity index (χ4v) is 2.81. The molecule has 0 saturated carbocycles. The van der Waals surface area contributed by atoms with E-state index in [1.165, 1.54) is 16.8 Å².